The number of piperidine rings is 1. The maximum atomic E-state index is 5.39. The lowest BCUT2D eigenvalue weighted by Gasteiger charge is -2.31. The number of methoxy groups -OCH3 is 1. The van der Waals surface area contributed by atoms with Crippen molar-refractivity contribution in [3.8, 4) is 5.75 Å². The molecule has 3 aromatic rings. The molecule has 0 spiro atoms. The Morgan fingerprint density at radius 1 is 1.24 bits per heavy atom. The van der Waals surface area contributed by atoms with E-state index in [4.69, 9.17) is 4.74 Å². The van der Waals surface area contributed by atoms with Gasteiger partial charge in [-0.25, -0.2) is 0 Å². The third-order valence-corrected chi connectivity index (χ3v) is 5.50. The number of aryl methyl sites for hydroxylation is 1. The number of H-pyrrole nitrogens is 1. The van der Waals surface area contributed by atoms with Gasteiger partial charge in [0.1, 0.15) is 17.4 Å². The summed E-state index contributed by atoms with van der Waals surface area (Å²) in [6.07, 6.45) is 4.51. The Bertz CT molecular complexity index is 873. The molecule has 25 heavy (non-hydrogen) atoms. The monoisotopic (exact) mass is 339 g/mol. The Morgan fingerprint density at radius 3 is 2.72 bits per heavy atom. The van der Waals surface area contributed by atoms with Gasteiger partial charge in [-0.1, -0.05) is 0 Å². The molecule has 2 aromatic heterocycles. The number of fused-ring (bicyclic) bond motifs is 1. The van der Waals surface area contributed by atoms with Gasteiger partial charge < -0.3 is 14.3 Å². The lowest BCUT2D eigenvalue weighted by atomic mass is 9.89. The van der Waals surface area contributed by atoms with Gasteiger partial charge in [-0.3, -0.25) is 4.90 Å². The number of ether oxygens (including phenoxy) is 1. The summed E-state index contributed by atoms with van der Waals surface area (Å²) in [7, 11) is 3.76. The highest BCUT2D eigenvalue weighted by Crippen LogP contribution is 2.34. The van der Waals surface area contributed by atoms with Crippen LogP contribution in [0.4, 0.5) is 0 Å². The van der Waals surface area contributed by atoms with Crippen molar-refractivity contribution in [2.45, 2.75) is 32.2 Å². The maximum absolute atomic E-state index is 5.39. The van der Waals surface area contributed by atoms with Gasteiger partial charge in [0.15, 0.2) is 0 Å². The topological polar surface area (TPSA) is 59.0 Å². The van der Waals surface area contributed by atoms with Gasteiger partial charge in [0, 0.05) is 24.1 Å². The van der Waals surface area contributed by atoms with Crippen molar-refractivity contribution in [2.75, 3.05) is 20.2 Å². The van der Waals surface area contributed by atoms with Gasteiger partial charge in [-0.05, 0) is 62.5 Å². The van der Waals surface area contributed by atoms with Gasteiger partial charge in [0.25, 0.3) is 0 Å². The summed E-state index contributed by atoms with van der Waals surface area (Å²) >= 11 is 0. The highest BCUT2D eigenvalue weighted by Gasteiger charge is 2.24. The van der Waals surface area contributed by atoms with E-state index in [1.54, 1.807) is 7.11 Å². The predicted molar refractivity (Wildman–Crippen MR) is 97.8 cm³/mol. The van der Waals surface area contributed by atoms with Crippen molar-refractivity contribution in [3.05, 3.63) is 41.6 Å². The second-order valence-corrected chi connectivity index (χ2v) is 6.93. The minimum absolute atomic E-state index is 0.596. The Kier molecular flexibility index (Phi) is 4.21. The molecule has 4 rings (SSSR count). The van der Waals surface area contributed by atoms with Crippen LogP contribution in [0, 0.1) is 6.92 Å². The van der Waals surface area contributed by atoms with E-state index in [0.717, 1.165) is 37.0 Å². The van der Waals surface area contributed by atoms with Crippen LogP contribution in [0.15, 0.2) is 24.4 Å². The first-order valence-corrected chi connectivity index (χ1v) is 8.88. The van der Waals surface area contributed by atoms with Crippen LogP contribution in [0.2, 0.25) is 0 Å². The fraction of sp³-hybridized carbons (Fsp3) is 0.474. The molecule has 1 aliphatic rings. The summed E-state index contributed by atoms with van der Waals surface area (Å²) in [5, 5.41) is 9.74. The number of hydrogen-bond acceptors (Lipinski definition) is 4. The average molecular weight is 339 g/mol. The van der Waals surface area contributed by atoms with Crippen molar-refractivity contribution in [1.82, 2.24) is 24.6 Å². The lowest BCUT2D eigenvalue weighted by molar-refractivity contribution is 0.198. The molecule has 0 saturated carbocycles. The Hall–Kier alpha value is -2.34. The normalized spacial score (nSPS) is 16.6. The first-order valence-electron chi connectivity index (χ1n) is 8.88. The zero-order valence-electron chi connectivity index (χ0n) is 15.1. The second-order valence-electron chi connectivity index (χ2n) is 6.93. The molecule has 6 heteroatoms. The molecule has 0 aliphatic carbocycles. The fourth-order valence-corrected chi connectivity index (χ4v) is 3.78. The molecule has 0 unspecified atom stereocenters. The molecule has 1 fully saturated rings. The van der Waals surface area contributed by atoms with E-state index in [1.165, 1.54) is 29.3 Å². The summed E-state index contributed by atoms with van der Waals surface area (Å²) in [5.41, 5.74) is 2.61. The van der Waals surface area contributed by atoms with Crippen LogP contribution >= 0.6 is 0 Å². The number of aromatic amines is 1. The SMILES string of the molecule is COc1ccc2[nH]cc(C3CCN(Cc4nnc(C)n4C)CC3)c2c1. The molecule has 1 aliphatic heterocycles. The van der Waals surface area contributed by atoms with E-state index in [-0.39, 0.29) is 0 Å². The molecule has 0 radical (unpaired) electrons. The van der Waals surface area contributed by atoms with Crippen LogP contribution in [0.5, 0.6) is 5.75 Å². The quantitative estimate of drug-likeness (QED) is 0.794. The second kappa shape index (κ2) is 6.52. The number of nitrogens with zero attached hydrogens (tertiary/aromatic N) is 4. The van der Waals surface area contributed by atoms with E-state index in [2.05, 4.69) is 43.0 Å². The molecule has 1 N–H and O–H groups in total. The predicted octanol–water partition coefficient (Wildman–Crippen LogP) is 2.99. The van der Waals surface area contributed by atoms with Crippen molar-refractivity contribution in [2.24, 2.45) is 7.05 Å². The molecule has 0 amide bonds. The van der Waals surface area contributed by atoms with Crippen molar-refractivity contribution < 1.29 is 4.74 Å². The summed E-state index contributed by atoms with van der Waals surface area (Å²) in [6, 6.07) is 6.26. The number of hydrogen-bond donors (Lipinski definition) is 1. The van der Waals surface area contributed by atoms with E-state index in [0.29, 0.717) is 5.92 Å². The fourth-order valence-electron chi connectivity index (χ4n) is 3.78. The number of aromatic nitrogens is 4. The highest BCUT2D eigenvalue weighted by molar-refractivity contribution is 5.85. The summed E-state index contributed by atoms with van der Waals surface area (Å²) < 4.78 is 7.47. The van der Waals surface area contributed by atoms with Gasteiger partial charge in [0.2, 0.25) is 0 Å². The van der Waals surface area contributed by atoms with Crippen molar-refractivity contribution in [1.29, 1.82) is 0 Å². The van der Waals surface area contributed by atoms with Gasteiger partial charge >= 0.3 is 0 Å². The Morgan fingerprint density at radius 2 is 2.04 bits per heavy atom. The zero-order chi connectivity index (χ0) is 17.4. The summed E-state index contributed by atoms with van der Waals surface area (Å²) in [6.45, 7) is 5.06. The molecule has 0 atom stereocenters. The van der Waals surface area contributed by atoms with E-state index < -0.39 is 0 Å². The first kappa shape index (κ1) is 16.1. The molecule has 1 aromatic carbocycles. The smallest absolute Gasteiger partial charge is 0.146 e. The summed E-state index contributed by atoms with van der Waals surface area (Å²) in [4.78, 5) is 5.89. The van der Waals surface area contributed by atoms with E-state index >= 15 is 0 Å². The maximum Gasteiger partial charge on any atom is 0.146 e. The van der Waals surface area contributed by atoms with Gasteiger partial charge in [-0.2, -0.15) is 0 Å². The largest absolute Gasteiger partial charge is 0.497 e. The molecule has 132 valence electrons. The number of benzene rings is 1. The van der Waals surface area contributed by atoms with Crippen molar-refractivity contribution >= 4 is 10.9 Å². The van der Waals surface area contributed by atoms with Crippen LogP contribution < -0.4 is 4.74 Å². The minimum Gasteiger partial charge on any atom is -0.497 e. The lowest BCUT2D eigenvalue weighted by Crippen LogP contribution is -2.33. The van der Waals surface area contributed by atoms with Crippen LogP contribution in [0.3, 0.4) is 0 Å². The standard InChI is InChI=1S/C19H25N5O/c1-13-21-22-19(23(13)2)12-24-8-6-14(7-9-24)17-11-20-18-5-4-15(25-3)10-16(17)18/h4-5,10-11,14,20H,6-9,12H2,1-3H3. The minimum atomic E-state index is 0.596. The average Bonchev–Trinajstić information content (AvgIpc) is 3.20. The number of rotatable bonds is 4. The Labute approximate surface area is 147 Å². The molecular weight excluding hydrogens is 314 g/mol. The van der Waals surface area contributed by atoms with Gasteiger partial charge in [0.05, 0.1) is 13.7 Å². The number of likely N-dealkylation sites (tertiary alicyclic amines) is 1. The zero-order valence-corrected chi connectivity index (χ0v) is 15.1. The first-order chi connectivity index (χ1) is 12.2. The number of nitrogens with one attached hydrogen (secondary N) is 1. The van der Waals surface area contributed by atoms with Crippen LogP contribution in [0.1, 0.15) is 36.0 Å². The van der Waals surface area contributed by atoms with E-state index in [9.17, 15) is 0 Å². The van der Waals surface area contributed by atoms with Crippen LogP contribution in [0.25, 0.3) is 10.9 Å². The van der Waals surface area contributed by atoms with Crippen molar-refractivity contribution in [3.63, 3.8) is 0 Å². The molecule has 6 nitrogen and oxygen atoms in total. The molecule has 1 saturated heterocycles. The van der Waals surface area contributed by atoms with Crippen LogP contribution in [-0.4, -0.2) is 44.8 Å². The van der Waals surface area contributed by atoms with E-state index in [1.807, 2.05) is 20.0 Å². The Balaban J connectivity index is 1.46. The molecule has 3 heterocycles. The highest BCUT2D eigenvalue weighted by atomic mass is 16.5. The summed E-state index contributed by atoms with van der Waals surface area (Å²) in [5.74, 6) is 3.53. The third-order valence-electron chi connectivity index (χ3n) is 5.50. The third kappa shape index (κ3) is 3.02. The molecular formula is C19H25N5O. The van der Waals surface area contributed by atoms with Gasteiger partial charge in [-0.15, -0.1) is 10.2 Å². The molecule has 0 bridgehead atoms. The van der Waals surface area contributed by atoms with Crippen LogP contribution in [-0.2, 0) is 13.6 Å².